The predicted octanol–water partition coefficient (Wildman–Crippen LogP) is 0.921. The molecular weight excluding hydrogens is 248 g/mol. The second-order valence-corrected chi connectivity index (χ2v) is 3.98. The Labute approximate surface area is 113 Å². The Morgan fingerprint density at radius 3 is 2.79 bits per heavy atom. The molecule has 0 aliphatic rings. The highest BCUT2D eigenvalue weighted by atomic mass is 16.5. The average Bonchev–Trinajstić information content (AvgIpc) is 2.43. The Kier molecular flexibility index (Phi) is 6.91. The largest absolute Gasteiger partial charge is 0.476 e. The minimum Gasteiger partial charge on any atom is -0.476 e. The molecule has 0 fully saturated rings. The summed E-state index contributed by atoms with van der Waals surface area (Å²) in [6.45, 7) is 3.63. The van der Waals surface area contributed by atoms with Crippen molar-refractivity contribution < 1.29 is 14.2 Å². The average molecular weight is 270 g/mol. The lowest BCUT2D eigenvalue weighted by molar-refractivity contribution is 0.0365. The molecule has 0 aromatic carbocycles. The summed E-state index contributed by atoms with van der Waals surface area (Å²) < 4.78 is 15.7. The third kappa shape index (κ3) is 4.88. The monoisotopic (exact) mass is 270 g/mol. The first kappa shape index (κ1) is 15.5. The molecule has 1 aromatic rings. The number of anilines is 2. The molecule has 1 aromatic heterocycles. The van der Waals surface area contributed by atoms with Gasteiger partial charge in [-0.1, -0.05) is 6.92 Å². The fourth-order valence-electron chi connectivity index (χ4n) is 1.44. The van der Waals surface area contributed by atoms with E-state index in [4.69, 9.17) is 19.9 Å². The van der Waals surface area contributed by atoms with Crippen LogP contribution < -0.4 is 15.8 Å². The zero-order chi connectivity index (χ0) is 14.1. The van der Waals surface area contributed by atoms with Gasteiger partial charge in [0.25, 0.3) is 0 Å². The molecule has 0 saturated heterocycles. The summed E-state index contributed by atoms with van der Waals surface area (Å²) in [5, 5.41) is 3.10. The van der Waals surface area contributed by atoms with Crippen LogP contribution in [0.4, 0.5) is 11.5 Å². The maximum Gasteiger partial charge on any atom is 0.242 e. The summed E-state index contributed by atoms with van der Waals surface area (Å²) in [6, 6.07) is 0. The number of ether oxygens (including phenoxy) is 3. The van der Waals surface area contributed by atoms with Gasteiger partial charge in [0.15, 0.2) is 5.82 Å². The highest BCUT2D eigenvalue weighted by molar-refractivity contribution is 5.66. The Balaban J connectivity index is 2.62. The highest BCUT2D eigenvalue weighted by Crippen LogP contribution is 2.24. The van der Waals surface area contributed by atoms with E-state index in [2.05, 4.69) is 15.3 Å². The van der Waals surface area contributed by atoms with E-state index >= 15 is 0 Å². The molecule has 7 nitrogen and oxygen atoms in total. The van der Waals surface area contributed by atoms with Crippen LogP contribution in [0.1, 0.15) is 13.3 Å². The molecule has 3 N–H and O–H groups in total. The van der Waals surface area contributed by atoms with Gasteiger partial charge in [-0.2, -0.15) is 4.98 Å². The zero-order valence-corrected chi connectivity index (χ0v) is 11.7. The van der Waals surface area contributed by atoms with Crippen molar-refractivity contribution in [3.63, 3.8) is 0 Å². The number of nitrogens with one attached hydrogen (secondary N) is 1. The predicted molar refractivity (Wildman–Crippen MR) is 73.4 cm³/mol. The van der Waals surface area contributed by atoms with E-state index in [0.29, 0.717) is 37.1 Å². The van der Waals surface area contributed by atoms with Gasteiger partial charge in [0.05, 0.1) is 19.3 Å². The molecule has 0 radical (unpaired) electrons. The number of nitrogens with two attached hydrogens (primary N) is 1. The van der Waals surface area contributed by atoms with Crippen LogP contribution in [-0.4, -0.2) is 50.1 Å². The maximum absolute atomic E-state index is 5.94. The summed E-state index contributed by atoms with van der Waals surface area (Å²) in [4.78, 5) is 8.10. The summed E-state index contributed by atoms with van der Waals surface area (Å²) in [7, 11) is 3.26. The van der Waals surface area contributed by atoms with Gasteiger partial charge in [-0.3, -0.25) is 0 Å². The van der Waals surface area contributed by atoms with Crippen LogP contribution in [0.5, 0.6) is 5.88 Å². The molecule has 108 valence electrons. The summed E-state index contributed by atoms with van der Waals surface area (Å²) >= 11 is 0. The zero-order valence-electron chi connectivity index (χ0n) is 11.7. The molecule has 1 heterocycles. The van der Waals surface area contributed by atoms with E-state index in [1.54, 1.807) is 14.2 Å². The molecule has 1 atom stereocenters. The van der Waals surface area contributed by atoms with Gasteiger partial charge in [-0.05, 0) is 6.42 Å². The second-order valence-electron chi connectivity index (χ2n) is 3.98. The van der Waals surface area contributed by atoms with Crippen molar-refractivity contribution in [2.75, 3.05) is 45.0 Å². The number of nitrogens with zero attached hydrogens (tertiary/aromatic N) is 2. The van der Waals surface area contributed by atoms with Crippen LogP contribution in [0.3, 0.4) is 0 Å². The first-order valence-corrected chi connectivity index (χ1v) is 6.21. The smallest absolute Gasteiger partial charge is 0.242 e. The van der Waals surface area contributed by atoms with Crippen molar-refractivity contribution in [3.05, 3.63) is 6.33 Å². The first-order valence-electron chi connectivity index (χ1n) is 6.21. The van der Waals surface area contributed by atoms with E-state index in [0.717, 1.165) is 6.42 Å². The van der Waals surface area contributed by atoms with Gasteiger partial charge < -0.3 is 25.3 Å². The molecule has 0 saturated carbocycles. The van der Waals surface area contributed by atoms with E-state index in [9.17, 15) is 0 Å². The van der Waals surface area contributed by atoms with E-state index < -0.39 is 0 Å². The van der Waals surface area contributed by atoms with Crippen molar-refractivity contribution in [1.82, 2.24) is 9.97 Å². The third-order valence-corrected chi connectivity index (χ3v) is 2.47. The Hall–Kier alpha value is -1.60. The molecule has 0 aliphatic heterocycles. The van der Waals surface area contributed by atoms with Crippen LogP contribution in [0.25, 0.3) is 0 Å². The minimum atomic E-state index is -0.0700. The minimum absolute atomic E-state index is 0.0700. The number of methoxy groups -OCH3 is 2. The van der Waals surface area contributed by atoms with Crippen molar-refractivity contribution in [2.45, 2.75) is 19.4 Å². The van der Waals surface area contributed by atoms with Crippen LogP contribution in [0.2, 0.25) is 0 Å². The quantitative estimate of drug-likeness (QED) is 0.689. The number of hydrogen-bond acceptors (Lipinski definition) is 7. The van der Waals surface area contributed by atoms with Gasteiger partial charge in [0.2, 0.25) is 5.88 Å². The molecule has 0 aliphatic carbocycles. The van der Waals surface area contributed by atoms with Crippen molar-refractivity contribution >= 4 is 11.5 Å². The number of nitrogen functional groups attached to an aromatic ring is 1. The van der Waals surface area contributed by atoms with Crippen LogP contribution >= 0.6 is 0 Å². The SMILES string of the molecule is CCCOc1ncnc(NCC(COC)OC)c1N. The molecular formula is C12H22N4O3. The second kappa shape index (κ2) is 8.49. The maximum atomic E-state index is 5.94. The molecule has 1 rings (SSSR count). The summed E-state index contributed by atoms with van der Waals surface area (Å²) in [5.41, 5.74) is 6.35. The van der Waals surface area contributed by atoms with E-state index in [1.807, 2.05) is 6.92 Å². The van der Waals surface area contributed by atoms with Gasteiger partial charge in [0, 0.05) is 20.8 Å². The van der Waals surface area contributed by atoms with Crippen molar-refractivity contribution in [1.29, 1.82) is 0 Å². The van der Waals surface area contributed by atoms with Crippen molar-refractivity contribution in [2.24, 2.45) is 0 Å². The Morgan fingerprint density at radius 2 is 2.16 bits per heavy atom. The number of rotatable bonds is 9. The molecule has 0 amide bonds. The molecule has 7 heteroatoms. The fourth-order valence-corrected chi connectivity index (χ4v) is 1.44. The molecule has 1 unspecified atom stereocenters. The van der Waals surface area contributed by atoms with Gasteiger partial charge in [0.1, 0.15) is 12.0 Å². The highest BCUT2D eigenvalue weighted by Gasteiger charge is 2.11. The lowest BCUT2D eigenvalue weighted by Gasteiger charge is -2.16. The first-order chi connectivity index (χ1) is 9.22. The number of aromatic nitrogens is 2. The molecule has 0 bridgehead atoms. The lowest BCUT2D eigenvalue weighted by atomic mass is 10.3. The summed E-state index contributed by atoms with van der Waals surface area (Å²) in [6.07, 6.45) is 2.24. The Bertz CT molecular complexity index is 376. The fraction of sp³-hybridized carbons (Fsp3) is 0.667. The summed E-state index contributed by atoms with van der Waals surface area (Å²) in [5.74, 6) is 0.944. The lowest BCUT2D eigenvalue weighted by Crippen LogP contribution is -2.27. The third-order valence-electron chi connectivity index (χ3n) is 2.47. The van der Waals surface area contributed by atoms with Crippen LogP contribution in [0, 0.1) is 0 Å². The normalized spacial score (nSPS) is 12.2. The molecule has 19 heavy (non-hydrogen) atoms. The van der Waals surface area contributed by atoms with E-state index in [-0.39, 0.29) is 6.10 Å². The van der Waals surface area contributed by atoms with Gasteiger partial charge in [-0.15, -0.1) is 0 Å². The number of hydrogen-bond donors (Lipinski definition) is 2. The van der Waals surface area contributed by atoms with Crippen molar-refractivity contribution in [3.8, 4) is 5.88 Å². The van der Waals surface area contributed by atoms with Crippen LogP contribution in [0.15, 0.2) is 6.33 Å². The van der Waals surface area contributed by atoms with Gasteiger partial charge >= 0.3 is 0 Å². The topological polar surface area (TPSA) is 91.5 Å². The van der Waals surface area contributed by atoms with Gasteiger partial charge in [-0.25, -0.2) is 4.98 Å². The standard InChI is InChI=1S/C12H22N4O3/c1-4-5-19-12-10(13)11(15-8-16-12)14-6-9(18-3)7-17-2/h8-9H,4-7,13H2,1-3H3,(H,14,15,16). The van der Waals surface area contributed by atoms with E-state index in [1.165, 1.54) is 6.33 Å². The Morgan fingerprint density at radius 1 is 1.37 bits per heavy atom. The van der Waals surface area contributed by atoms with Crippen LogP contribution in [-0.2, 0) is 9.47 Å². The molecule has 0 spiro atoms.